The van der Waals surface area contributed by atoms with E-state index in [0.29, 0.717) is 17.9 Å². The molecule has 2 atom stereocenters. The number of nitrogens with zero attached hydrogens (tertiary/aromatic N) is 1. The van der Waals surface area contributed by atoms with Gasteiger partial charge in [0.25, 0.3) is 5.91 Å². The minimum atomic E-state index is -1.05. The predicted molar refractivity (Wildman–Crippen MR) is 120 cm³/mol. The molecule has 164 valence electrons. The van der Waals surface area contributed by atoms with E-state index >= 15 is 0 Å². The molecule has 4 rings (SSSR count). The predicted octanol–water partition coefficient (Wildman–Crippen LogP) is 4.78. The van der Waals surface area contributed by atoms with Gasteiger partial charge >= 0.3 is 0 Å². The van der Waals surface area contributed by atoms with Gasteiger partial charge in [-0.1, -0.05) is 35.5 Å². The van der Waals surface area contributed by atoms with Crippen molar-refractivity contribution in [1.82, 2.24) is 5.32 Å². The van der Waals surface area contributed by atoms with Crippen LogP contribution in [0.1, 0.15) is 63.1 Å². The average molecular weight is 423 g/mol. The van der Waals surface area contributed by atoms with Crippen LogP contribution in [0.2, 0.25) is 0 Å². The molecule has 0 spiro atoms. The van der Waals surface area contributed by atoms with Crippen LogP contribution < -0.4 is 14.8 Å². The molecule has 31 heavy (non-hydrogen) atoms. The van der Waals surface area contributed by atoms with Crippen LogP contribution in [0, 0.1) is 0 Å². The largest absolute Gasteiger partial charge is 0.493 e. The number of methoxy groups -OCH3 is 1. The molecule has 0 saturated heterocycles. The maximum atomic E-state index is 13.0. The molecule has 1 amide bonds. The summed E-state index contributed by atoms with van der Waals surface area (Å²) in [7, 11) is 1.64. The minimum absolute atomic E-state index is 0.120. The number of hydrogen-bond acceptors (Lipinski definition) is 5. The van der Waals surface area contributed by atoms with Crippen LogP contribution in [0.3, 0.4) is 0 Å². The van der Waals surface area contributed by atoms with Gasteiger partial charge in [-0.05, 0) is 63.3 Å². The average Bonchev–Trinajstić information content (AvgIpc) is 3.45. The highest BCUT2D eigenvalue weighted by atomic mass is 16.7. The second-order valence-corrected chi connectivity index (χ2v) is 8.53. The first-order chi connectivity index (χ1) is 15.0. The fourth-order valence-electron chi connectivity index (χ4n) is 4.12. The fraction of sp³-hybridized carbons (Fsp3) is 0.440. The van der Waals surface area contributed by atoms with Crippen LogP contribution in [0.5, 0.6) is 11.5 Å². The van der Waals surface area contributed by atoms with Gasteiger partial charge in [-0.3, -0.25) is 4.79 Å². The van der Waals surface area contributed by atoms with E-state index in [-0.39, 0.29) is 18.1 Å². The molecule has 1 fully saturated rings. The standard InChI is InChI=1S/C25H30N2O4/c1-17(18-9-5-4-6-10-18)26-24(28)25(2)16-21(27-31-25)19-13-14-22(29-3)23(15-19)30-20-11-7-8-12-20/h4-6,9-10,13-15,17,20H,7-8,11-12,16H2,1-3H3,(H,26,28)/t17-,25-/m0/s1. The Hall–Kier alpha value is -3.02. The molecular weight excluding hydrogens is 392 g/mol. The Kier molecular flexibility index (Phi) is 6.16. The zero-order valence-corrected chi connectivity index (χ0v) is 18.4. The van der Waals surface area contributed by atoms with E-state index in [0.717, 1.165) is 29.7 Å². The van der Waals surface area contributed by atoms with Crippen LogP contribution in [0.15, 0.2) is 53.7 Å². The van der Waals surface area contributed by atoms with Gasteiger partial charge in [-0.15, -0.1) is 0 Å². The molecule has 1 heterocycles. The molecule has 1 N–H and O–H groups in total. The smallest absolute Gasteiger partial charge is 0.267 e. The molecule has 6 heteroatoms. The molecule has 6 nitrogen and oxygen atoms in total. The fourth-order valence-corrected chi connectivity index (χ4v) is 4.12. The van der Waals surface area contributed by atoms with Gasteiger partial charge in [-0.2, -0.15) is 0 Å². The normalized spacial score (nSPS) is 21.8. The van der Waals surface area contributed by atoms with E-state index in [9.17, 15) is 4.79 Å². The summed E-state index contributed by atoms with van der Waals surface area (Å²) in [6, 6.07) is 15.5. The Balaban J connectivity index is 1.45. The van der Waals surface area contributed by atoms with E-state index < -0.39 is 5.60 Å². The van der Waals surface area contributed by atoms with Crippen LogP contribution in [0.4, 0.5) is 0 Å². The zero-order chi connectivity index (χ0) is 21.8. The molecule has 0 bridgehead atoms. The lowest BCUT2D eigenvalue weighted by atomic mass is 9.94. The summed E-state index contributed by atoms with van der Waals surface area (Å²) in [6.07, 6.45) is 5.13. The molecule has 1 saturated carbocycles. The number of nitrogens with one attached hydrogen (secondary N) is 1. The first-order valence-corrected chi connectivity index (χ1v) is 10.9. The molecule has 2 aliphatic rings. The van der Waals surface area contributed by atoms with Crippen molar-refractivity contribution in [2.75, 3.05) is 7.11 Å². The highest BCUT2D eigenvalue weighted by Crippen LogP contribution is 2.35. The molecule has 0 aromatic heterocycles. The van der Waals surface area contributed by atoms with Gasteiger partial charge in [0.05, 0.1) is 25.0 Å². The van der Waals surface area contributed by atoms with Crippen molar-refractivity contribution in [2.24, 2.45) is 5.16 Å². The summed E-state index contributed by atoms with van der Waals surface area (Å²) in [5, 5.41) is 7.29. The topological polar surface area (TPSA) is 69.2 Å². The lowest BCUT2D eigenvalue weighted by molar-refractivity contribution is -0.142. The Labute approximate surface area is 183 Å². The van der Waals surface area contributed by atoms with Gasteiger partial charge in [-0.25, -0.2) is 0 Å². The summed E-state index contributed by atoms with van der Waals surface area (Å²) in [5.74, 6) is 1.23. The molecule has 2 aromatic rings. The number of ether oxygens (including phenoxy) is 2. The van der Waals surface area contributed by atoms with Gasteiger partial charge in [0.15, 0.2) is 11.5 Å². The van der Waals surface area contributed by atoms with Gasteiger partial charge in [0.1, 0.15) is 0 Å². The Morgan fingerprint density at radius 3 is 2.61 bits per heavy atom. The summed E-state index contributed by atoms with van der Waals surface area (Å²) in [6.45, 7) is 3.74. The SMILES string of the molecule is COc1ccc(C2=NO[C@](C)(C(=O)N[C@@H](C)c3ccccc3)C2)cc1OC1CCCC1. The Morgan fingerprint density at radius 1 is 1.16 bits per heavy atom. The van der Waals surface area contributed by atoms with Crippen molar-refractivity contribution in [1.29, 1.82) is 0 Å². The maximum Gasteiger partial charge on any atom is 0.267 e. The van der Waals surface area contributed by atoms with Crippen LogP contribution in [0.25, 0.3) is 0 Å². The summed E-state index contributed by atoms with van der Waals surface area (Å²) in [4.78, 5) is 18.6. The monoisotopic (exact) mass is 422 g/mol. The summed E-state index contributed by atoms with van der Waals surface area (Å²) < 4.78 is 11.7. The molecule has 0 radical (unpaired) electrons. The zero-order valence-electron chi connectivity index (χ0n) is 18.4. The Morgan fingerprint density at radius 2 is 1.90 bits per heavy atom. The number of benzene rings is 2. The van der Waals surface area contributed by atoms with E-state index in [2.05, 4.69) is 10.5 Å². The third-order valence-corrected chi connectivity index (χ3v) is 6.08. The summed E-state index contributed by atoms with van der Waals surface area (Å²) >= 11 is 0. The van der Waals surface area contributed by atoms with Gasteiger partial charge in [0, 0.05) is 12.0 Å². The van der Waals surface area contributed by atoms with E-state index in [1.165, 1.54) is 12.8 Å². The lowest BCUT2D eigenvalue weighted by Crippen LogP contribution is -2.45. The van der Waals surface area contributed by atoms with Crippen LogP contribution in [-0.4, -0.2) is 30.4 Å². The highest BCUT2D eigenvalue weighted by Gasteiger charge is 2.42. The molecule has 2 aromatic carbocycles. The third kappa shape index (κ3) is 4.68. The van der Waals surface area contributed by atoms with E-state index in [1.54, 1.807) is 14.0 Å². The van der Waals surface area contributed by atoms with Gasteiger partial charge in [0.2, 0.25) is 5.60 Å². The minimum Gasteiger partial charge on any atom is -0.493 e. The van der Waals surface area contributed by atoms with E-state index in [1.807, 2.05) is 55.5 Å². The van der Waals surface area contributed by atoms with Crippen molar-refractivity contribution >= 4 is 11.6 Å². The molecule has 1 aliphatic heterocycles. The van der Waals surface area contributed by atoms with Crippen molar-refractivity contribution < 1.29 is 19.1 Å². The highest BCUT2D eigenvalue weighted by molar-refractivity contribution is 6.05. The lowest BCUT2D eigenvalue weighted by Gasteiger charge is -2.23. The van der Waals surface area contributed by atoms with Gasteiger partial charge < -0.3 is 19.6 Å². The number of carbonyl (C=O) groups is 1. The molecular formula is C25H30N2O4. The van der Waals surface area contributed by atoms with Crippen LogP contribution >= 0.6 is 0 Å². The summed E-state index contributed by atoms with van der Waals surface area (Å²) in [5.41, 5.74) is 1.60. The second kappa shape index (κ2) is 9.00. The van der Waals surface area contributed by atoms with Crippen molar-refractivity contribution in [3.05, 3.63) is 59.7 Å². The number of amides is 1. The second-order valence-electron chi connectivity index (χ2n) is 8.53. The van der Waals surface area contributed by atoms with Crippen LogP contribution in [-0.2, 0) is 9.63 Å². The molecule has 1 aliphatic carbocycles. The number of rotatable bonds is 7. The number of oxime groups is 1. The Bertz CT molecular complexity index is 953. The quantitative estimate of drug-likeness (QED) is 0.697. The molecule has 0 unspecified atom stereocenters. The maximum absolute atomic E-state index is 13.0. The first kappa shape index (κ1) is 21.2. The van der Waals surface area contributed by atoms with Crippen molar-refractivity contribution in [3.8, 4) is 11.5 Å². The third-order valence-electron chi connectivity index (χ3n) is 6.08. The number of hydrogen-bond donors (Lipinski definition) is 1. The number of carbonyl (C=O) groups excluding carboxylic acids is 1. The first-order valence-electron chi connectivity index (χ1n) is 10.9. The van der Waals surface area contributed by atoms with Crippen molar-refractivity contribution in [2.45, 2.75) is 63.7 Å². The van der Waals surface area contributed by atoms with Crippen molar-refractivity contribution in [3.63, 3.8) is 0 Å². The van der Waals surface area contributed by atoms with E-state index in [4.69, 9.17) is 14.3 Å².